The summed E-state index contributed by atoms with van der Waals surface area (Å²) in [4.78, 5) is 24.4. The van der Waals surface area contributed by atoms with E-state index in [0.29, 0.717) is 28.7 Å². The molecule has 1 aromatic carbocycles. The highest BCUT2D eigenvalue weighted by Crippen LogP contribution is 2.40. The van der Waals surface area contributed by atoms with Crippen molar-refractivity contribution in [2.45, 2.75) is 44.1 Å². The third-order valence-electron chi connectivity index (χ3n) is 7.19. The number of morpholine rings is 1. The van der Waals surface area contributed by atoms with Crippen LogP contribution in [0.25, 0.3) is 0 Å². The lowest BCUT2D eigenvalue weighted by atomic mass is 9.71. The fourth-order valence-corrected chi connectivity index (χ4v) is 5.00. The summed E-state index contributed by atoms with van der Waals surface area (Å²) in [6.07, 6.45) is 6.23. The van der Waals surface area contributed by atoms with Crippen LogP contribution in [0.1, 0.15) is 43.9 Å². The van der Waals surface area contributed by atoms with E-state index in [1.54, 1.807) is 43.5 Å². The van der Waals surface area contributed by atoms with Gasteiger partial charge in [-0.05, 0) is 69.0 Å². The highest BCUT2D eigenvalue weighted by atomic mass is 16.5. The summed E-state index contributed by atoms with van der Waals surface area (Å²) in [6, 6.07) is 15.4. The van der Waals surface area contributed by atoms with E-state index in [2.05, 4.69) is 32.3 Å². The smallest absolute Gasteiger partial charge is 0.259 e. The first-order chi connectivity index (χ1) is 18.0. The zero-order valence-electron chi connectivity index (χ0n) is 21.0. The molecule has 0 spiro atoms. The summed E-state index contributed by atoms with van der Waals surface area (Å²) in [5, 5.41) is 21.8. The number of benzene rings is 1. The fraction of sp³-hybridized carbons (Fsp3) is 0.393. The van der Waals surface area contributed by atoms with Gasteiger partial charge in [0.25, 0.3) is 5.91 Å². The molecule has 1 amide bonds. The normalized spacial score (nSPS) is 23.1. The number of nitriles is 2. The van der Waals surface area contributed by atoms with Gasteiger partial charge in [-0.15, -0.1) is 0 Å². The molecule has 1 aromatic heterocycles. The van der Waals surface area contributed by atoms with Crippen LogP contribution in [-0.4, -0.2) is 53.8 Å². The lowest BCUT2D eigenvalue weighted by Gasteiger charge is -2.41. The average Bonchev–Trinajstić information content (AvgIpc) is 2.95. The first kappa shape index (κ1) is 26.0. The number of nitrogens with zero attached hydrogens (tertiary/aromatic N) is 5. The fourth-order valence-electron chi connectivity index (χ4n) is 5.00. The summed E-state index contributed by atoms with van der Waals surface area (Å²) >= 11 is 0. The molecular weight excluding hydrogens is 466 g/mol. The Balaban J connectivity index is 1.40. The molecule has 190 valence electrons. The number of carbonyl (C=O) groups excluding carboxylic acids is 1. The number of pyridine rings is 1. The maximum absolute atomic E-state index is 12.9. The predicted molar refractivity (Wildman–Crippen MR) is 141 cm³/mol. The molecule has 0 unspecified atom stereocenters. The summed E-state index contributed by atoms with van der Waals surface area (Å²) in [5.74, 6) is -0.409. The summed E-state index contributed by atoms with van der Waals surface area (Å²) < 4.78 is 5.47. The van der Waals surface area contributed by atoms with Crippen molar-refractivity contribution in [1.29, 1.82) is 10.5 Å². The summed E-state index contributed by atoms with van der Waals surface area (Å²) in [6.45, 7) is 5.15. The van der Waals surface area contributed by atoms with Gasteiger partial charge in [0.05, 0.1) is 70.9 Å². The van der Waals surface area contributed by atoms with E-state index < -0.39 is 11.3 Å². The number of anilines is 1. The molecule has 1 saturated carbocycles. The molecule has 2 aliphatic rings. The predicted octanol–water partition coefficient (Wildman–Crippen LogP) is 3.56. The van der Waals surface area contributed by atoms with E-state index in [1.165, 1.54) is 6.20 Å². The van der Waals surface area contributed by atoms with Crippen LogP contribution < -0.4 is 11.1 Å². The first-order valence-corrected chi connectivity index (χ1v) is 12.5. The zero-order chi connectivity index (χ0) is 26.3. The molecule has 4 rings (SSSR count). The topological polar surface area (TPSA) is 140 Å². The third-order valence-corrected chi connectivity index (χ3v) is 7.19. The largest absolute Gasteiger partial charge is 0.404 e. The number of hydrogen-bond donors (Lipinski definition) is 2. The van der Waals surface area contributed by atoms with Gasteiger partial charge < -0.3 is 15.8 Å². The van der Waals surface area contributed by atoms with Crippen LogP contribution in [0.2, 0.25) is 0 Å². The van der Waals surface area contributed by atoms with Crippen molar-refractivity contribution in [3.63, 3.8) is 0 Å². The molecule has 1 saturated heterocycles. The van der Waals surface area contributed by atoms with Crippen LogP contribution in [0, 0.1) is 22.7 Å². The zero-order valence-corrected chi connectivity index (χ0v) is 21.0. The van der Waals surface area contributed by atoms with Crippen molar-refractivity contribution in [1.82, 2.24) is 9.88 Å². The molecule has 2 fully saturated rings. The molecule has 37 heavy (non-hydrogen) atoms. The quantitative estimate of drug-likeness (QED) is 0.459. The highest BCUT2D eigenvalue weighted by Gasteiger charge is 2.40. The Morgan fingerprint density at radius 3 is 2.46 bits per heavy atom. The Bertz CT molecular complexity index is 1240. The number of ether oxygens (including phenoxy) is 1. The van der Waals surface area contributed by atoms with E-state index in [4.69, 9.17) is 15.7 Å². The number of hydrogen-bond acceptors (Lipinski definition) is 8. The summed E-state index contributed by atoms with van der Waals surface area (Å²) in [5.41, 5.74) is 8.18. The second-order valence-electron chi connectivity index (χ2n) is 9.40. The Morgan fingerprint density at radius 1 is 1.19 bits per heavy atom. The van der Waals surface area contributed by atoms with Gasteiger partial charge in [-0.1, -0.05) is 0 Å². The monoisotopic (exact) mass is 497 g/mol. The second kappa shape index (κ2) is 11.8. The van der Waals surface area contributed by atoms with Crippen LogP contribution >= 0.6 is 0 Å². The number of aromatic nitrogens is 1. The number of carbonyl (C=O) groups is 1. The molecule has 2 heterocycles. The Labute approximate surface area is 217 Å². The van der Waals surface area contributed by atoms with Gasteiger partial charge in [-0.2, -0.15) is 10.5 Å². The van der Waals surface area contributed by atoms with E-state index in [1.807, 2.05) is 6.07 Å². The molecular formula is C28H31N7O2. The van der Waals surface area contributed by atoms with Gasteiger partial charge in [0.15, 0.2) is 0 Å². The van der Waals surface area contributed by atoms with Gasteiger partial charge in [-0.25, -0.2) is 0 Å². The van der Waals surface area contributed by atoms with Crippen molar-refractivity contribution in [3.05, 3.63) is 65.6 Å². The Morgan fingerprint density at radius 2 is 1.89 bits per heavy atom. The molecule has 9 heteroatoms. The standard InChI is InChI=1S/C28H31N7O2/c1-20(33-22-4-2-21(16-29)3-5-22)25(17-30)27(36)34-23-6-7-26(32-18-23)28(19-31)10-8-24(9-11-28)35-12-14-37-15-13-35/h2-7,17-18,24H,8-15,30H2,1H3,(H,34,36). The Kier molecular flexibility index (Phi) is 8.29. The van der Waals surface area contributed by atoms with Crippen LogP contribution in [0.3, 0.4) is 0 Å². The van der Waals surface area contributed by atoms with Crippen molar-refractivity contribution >= 4 is 23.0 Å². The van der Waals surface area contributed by atoms with Gasteiger partial charge >= 0.3 is 0 Å². The van der Waals surface area contributed by atoms with Crippen LogP contribution in [-0.2, 0) is 14.9 Å². The van der Waals surface area contributed by atoms with Crippen LogP contribution in [0.15, 0.2) is 59.4 Å². The van der Waals surface area contributed by atoms with Crippen molar-refractivity contribution < 1.29 is 9.53 Å². The van der Waals surface area contributed by atoms with E-state index in [0.717, 1.165) is 57.7 Å². The SMILES string of the molecule is CC(=Nc1ccc(C#N)cc1)C(=CN)C(=O)Nc1ccc(C2(C#N)CCC(N3CCOCC3)CC2)nc1. The molecule has 9 nitrogen and oxygen atoms in total. The first-order valence-electron chi connectivity index (χ1n) is 12.5. The highest BCUT2D eigenvalue weighted by molar-refractivity contribution is 6.25. The van der Waals surface area contributed by atoms with Gasteiger partial charge in [-0.3, -0.25) is 19.7 Å². The lowest BCUT2D eigenvalue weighted by Crippen LogP contribution is -2.47. The van der Waals surface area contributed by atoms with Crippen molar-refractivity contribution in [3.8, 4) is 12.1 Å². The number of aliphatic imine (C=N–C) groups is 1. The molecule has 3 N–H and O–H groups in total. The number of nitrogens with one attached hydrogen (secondary N) is 1. The van der Waals surface area contributed by atoms with Gasteiger partial charge in [0.1, 0.15) is 0 Å². The van der Waals surface area contributed by atoms with E-state index in [9.17, 15) is 10.1 Å². The molecule has 0 bridgehead atoms. The summed E-state index contributed by atoms with van der Waals surface area (Å²) in [7, 11) is 0. The van der Waals surface area contributed by atoms with Crippen LogP contribution in [0.4, 0.5) is 11.4 Å². The second-order valence-corrected chi connectivity index (χ2v) is 9.40. The molecule has 0 radical (unpaired) electrons. The molecule has 1 aliphatic carbocycles. The minimum absolute atomic E-state index is 0.225. The number of rotatable bonds is 6. The maximum atomic E-state index is 12.9. The van der Waals surface area contributed by atoms with E-state index >= 15 is 0 Å². The van der Waals surface area contributed by atoms with E-state index in [-0.39, 0.29) is 5.57 Å². The van der Waals surface area contributed by atoms with Gasteiger partial charge in [0, 0.05) is 25.3 Å². The third kappa shape index (κ3) is 6.03. The average molecular weight is 498 g/mol. The lowest BCUT2D eigenvalue weighted by molar-refractivity contribution is -0.112. The number of amides is 1. The molecule has 2 aromatic rings. The minimum Gasteiger partial charge on any atom is -0.404 e. The van der Waals surface area contributed by atoms with Crippen LogP contribution in [0.5, 0.6) is 0 Å². The molecule has 1 aliphatic heterocycles. The molecule has 0 atom stereocenters. The number of nitrogens with two attached hydrogens (primary N) is 1. The van der Waals surface area contributed by atoms with Gasteiger partial charge in [0.2, 0.25) is 0 Å². The van der Waals surface area contributed by atoms with Crippen molar-refractivity contribution in [2.24, 2.45) is 10.7 Å². The van der Waals surface area contributed by atoms with Crippen molar-refractivity contribution in [2.75, 3.05) is 31.6 Å². The minimum atomic E-state index is -0.613. The Hall–Kier alpha value is -4.05. The maximum Gasteiger partial charge on any atom is 0.259 e.